The first-order chi connectivity index (χ1) is 13.5. The van der Waals surface area contributed by atoms with E-state index in [-0.39, 0.29) is 31.1 Å². The predicted molar refractivity (Wildman–Crippen MR) is 101 cm³/mol. The Kier molecular flexibility index (Phi) is 6.55. The first-order valence-electron chi connectivity index (χ1n) is 9.17. The fourth-order valence-electron chi connectivity index (χ4n) is 3.27. The zero-order valence-corrected chi connectivity index (χ0v) is 15.7. The first kappa shape index (κ1) is 20.2. The van der Waals surface area contributed by atoms with Gasteiger partial charge in [-0.15, -0.1) is 5.10 Å². The Labute approximate surface area is 162 Å². The van der Waals surface area contributed by atoms with Crippen LogP contribution in [0.1, 0.15) is 35.0 Å². The third-order valence-corrected chi connectivity index (χ3v) is 4.61. The van der Waals surface area contributed by atoms with Gasteiger partial charge in [-0.2, -0.15) is 0 Å². The minimum Gasteiger partial charge on any atom is -0.535 e. The molecular weight excluding hydrogens is 363 g/mol. The predicted octanol–water partition coefficient (Wildman–Crippen LogP) is 0.00760. The van der Waals surface area contributed by atoms with Gasteiger partial charge >= 0.3 is 7.12 Å². The van der Waals surface area contributed by atoms with Crippen LogP contribution in [0.25, 0.3) is 0 Å². The summed E-state index contributed by atoms with van der Waals surface area (Å²) >= 11 is 0. The van der Waals surface area contributed by atoms with Gasteiger partial charge in [-0.05, 0) is 25.0 Å². The van der Waals surface area contributed by atoms with Crippen LogP contribution >= 0.6 is 0 Å². The van der Waals surface area contributed by atoms with Crippen molar-refractivity contribution in [3.8, 4) is 5.75 Å². The Hall–Kier alpha value is -2.56. The molecule has 10 heteroatoms. The average molecular weight is 386 g/mol. The van der Waals surface area contributed by atoms with E-state index in [1.165, 1.54) is 11.6 Å². The Morgan fingerprint density at radius 2 is 2.25 bits per heavy atom. The smallest absolute Gasteiger partial charge is 0.526 e. The van der Waals surface area contributed by atoms with E-state index in [1.807, 2.05) is 6.07 Å². The van der Waals surface area contributed by atoms with Gasteiger partial charge in [-0.25, -0.2) is 4.68 Å². The number of nitrogens with zero attached hydrogens (tertiary/aromatic N) is 3. The number of hydrogen-bond donors (Lipinski definition) is 3. The van der Waals surface area contributed by atoms with Crippen molar-refractivity contribution in [2.24, 2.45) is 0 Å². The molecular formula is C18H23BN4O5. The molecule has 0 aliphatic carbocycles. The minimum atomic E-state index is -1.15. The van der Waals surface area contributed by atoms with Crippen molar-refractivity contribution in [3.63, 3.8) is 0 Å². The van der Waals surface area contributed by atoms with E-state index in [1.54, 1.807) is 18.3 Å². The van der Waals surface area contributed by atoms with E-state index in [2.05, 4.69) is 15.6 Å². The van der Waals surface area contributed by atoms with Gasteiger partial charge in [0.05, 0.1) is 24.1 Å². The zero-order chi connectivity index (χ0) is 20.1. The number of carbonyl (C=O) groups is 2. The molecule has 0 unspecified atom stereocenters. The molecule has 3 N–H and O–H groups in total. The number of ketones is 2. The first-order valence-corrected chi connectivity index (χ1v) is 9.17. The van der Waals surface area contributed by atoms with Crippen molar-refractivity contribution >= 4 is 18.7 Å². The van der Waals surface area contributed by atoms with E-state index < -0.39 is 12.9 Å². The summed E-state index contributed by atoms with van der Waals surface area (Å²) in [6.07, 6.45) is 2.25. The second kappa shape index (κ2) is 9.09. The lowest BCUT2D eigenvalue weighted by atomic mass is 9.64. The highest BCUT2D eigenvalue weighted by molar-refractivity contribution is 6.47. The second-order valence-electron chi connectivity index (χ2n) is 6.87. The molecule has 1 aromatic carbocycles. The van der Waals surface area contributed by atoms with Crippen LogP contribution in [0.2, 0.25) is 5.82 Å². The lowest BCUT2D eigenvalue weighted by molar-refractivity contribution is -0.120. The maximum atomic E-state index is 12.4. The molecule has 2 heterocycles. The fraction of sp³-hybridized carbons (Fsp3) is 0.444. The summed E-state index contributed by atoms with van der Waals surface area (Å²) in [7, 11) is -1.15. The molecule has 0 bridgehead atoms. The molecule has 0 saturated carbocycles. The third kappa shape index (κ3) is 4.83. The largest absolute Gasteiger partial charge is 0.535 e. The summed E-state index contributed by atoms with van der Waals surface area (Å²) in [5.41, 5.74) is 1.92. The van der Waals surface area contributed by atoms with Crippen molar-refractivity contribution in [1.29, 1.82) is 0 Å². The summed E-state index contributed by atoms with van der Waals surface area (Å²) in [4.78, 5) is 24.1. The molecule has 0 radical (unpaired) electrons. The van der Waals surface area contributed by atoms with Gasteiger partial charge < -0.3 is 20.1 Å². The van der Waals surface area contributed by atoms with Crippen LogP contribution in [0.15, 0.2) is 24.4 Å². The molecule has 3 rings (SSSR count). The summed E-state index contributed by atoms with van der Waals surface area (Å²) in [5.74, 6) is -0.216. The molecule has 0 saturated heterocycles. The van der Waals surface area contributed by atoms with Gasteiger partial charge in [-0.3, -0.25) is 9.59 Å². The summed E-state index contributed by atoms with van der Waals surface area (Å²) < 4.78 is 7.02. The molecule has 1 aliphatic heterocycles. The lowest BCUT2D eigenvalue weighted by Gasteiger charge is -2.28. The second-order valence-corrected chi connectivity index (χ2v) is 6.87. The quantitative estimate of drug-likeness (QED) is 0.313. The number of para-hydroxylation sites is 1. The van der Waals surface area contributed by atoms with Gasteiger partial charge in [-0.1, -0.05) is 17.3 Å². The van der Waals surface area contributed by atoms with E-state index in [0.29, 0.717) is 36.5 Å². The molecule has 1 aromatic heterocycles. The van der Waals surface area contributed by atoms with E-state index in [4.69, 9.17) is 9.76 Å². The Balaban J connectivity index is 1.59. The number of aromatic nitrogens is 3. The maximum absolute atomic E-state index is 12.4. The third-order valence-electron chi connectivity index (χ3n) is 4.61. The number of rotatable bonds is 9. The summed E-state index contributed by atoms with van der Waals surface area (Å²) in [6.45, 7) is 2.45. The molecule has 28 heavy (non-hydrogen) atoms. The molecule has 0 fully saturated rings. The topological polar surface area (TPSA) is 127 Å². The summed E-state index contributed by atoms with van der Waals surface area (Å²) in [5, 5.41) is 29.9. The van der Waals surface area contributed by atoms with E-state index in [0.717, 1.165) is 5.56 Å². The van der Waals surface area contributed by atoms with Crippen molar-refractivity contribution in [2.75, 3.05) is 13.2 Å². The van der Waals surface area contributed by atoms with Crippen molar-refractivity contribution in [1.82, 2.24) is 20.3 Å². The zero-order valence-electron chi connectivity index (χ0n) is 15.7. The van der Waals surface area contributed by atoms with Crippen LogP contribution in [0.5, 0.6) is 5.75 Å². The molecule has 9 nitrogen and oxygen atoms in total. The van der Waals surface area contributed by atoms with Crippen molar-refractivity contribution in [3.05, 3.63) is 41.2 Å². The number of fused-ring (bicyclic) bond motifs is 1. The van der Waals surface area contributed by atoms with Crippen molar-refractivity contribution < 1.29 is 24.4 Å². The monoisotopic (exact) mass is 386 g/mol. The number of nitrogens with one attached hydrogen (secondary N) is 1. The van der Waals surface area contributed by atoms with Crippen molar-refractivity contribution in [2.45, 2.75) is 38.7 Å². The standard InChI is InChI=1S/C18H23BN4O5/c1-12(25)17-4-2-3-13-7-14(19(27)28-18(13)17)8-16(26)11-23-10-15(21-22-23)9-20-5-6-24/h2-4,10,14,20,24,27H,5-9,11H2,1H3/t14-/m1/s1. The molecule has 2 aromatic rings. The highest BCUT2D eigenvalue weighted by atomic mass is 16.5. The van der Waals surface area contributed by atoms with Crippen LogP contribution in [0.4, 0.5) is 0 Å². The van der Waals surface area contributed by atoms with Gasteiger partial charge in [0, 0.05) is 25.3 Å². The molecule has 0 spiro atoms. The average Bonchev–Trinajstić information content (AvgIpc) is 3.09. The fourth-order valence-corrected chi connectivity index (χ4v) is 3.27. The van der Waals surface area contributed by atoms with Gasteiger partial charge in [0.2, 0.25) is 0 Å². The maximum Gasteiger partial charge on any atom is 0.526 e. The number of carbonyl (C=O) groups excluding carboxylic acids is 2. The van der Waals surface area contributed by atoms with Crippen LogP contribution in [0.3, 0.4) is 0 Å². The summed E-state index contributed by atoms with van der Waals surface area (Å²) in [6, 6.07) is 5.28. The highest BCUT2D eigenvalue weighted by Gasteiger charge is 2.37. The van der Waals surface area contributed by atoms with Crippen LogP contribution in [-0.2, 0) is 24.3 Å². The lowest BCUT2D eigenvalue weighted by Crippen LogP contribution is -2.36. The molecule has 0 amide bonds. The molecule has 1 atom stereocenters. The number of aliphatic hydroxyl groups excluding tert-OH is 1. The Morgan fingerprint density at radius 1 is 1.43 bits per heavy atom. The normalized spacial score (nSPS) is 15.8. The van der Waals surface area contributed by atoms with Crippen LogP contribution < -0.4 is 9.97 Å². The van der Waals surface area contributed by atoms with E-state index >= 15 is 0 Å². The Morgan fingerprint density at radius 3 is 3.00 bits per heavy atom. The highest BCUT2D eigenvalue weighted by Crippen LogP contribution is 2.36. The molecule has 1 aliphatic rings. The Bertz CT molecular complexity index is 856. The van der Waals surface area contributed by atoms with Gasteiger partial charge in [0.1, 0.15) is 12.3 Å². The SMILES string of the molecule is CC(=O)c1cccc2c1OB(O)[C@@H](CC(=O)Cn1cc(CNCCO)nn1)C2. The number of Topliss-reactive ketones (excluding diaryl/α,β-unsaturated/α-hetero) is 2. The van der Waals surface area contributed by atoms with Crippen LogP contribution in [0, 0.1) is 0 Å². The van der Waals surface area contributed by atoms with Gasteiger partial charge in [0.15, 0.2) is 11.6 Å². The molecule has 148 valence electrons. The van der Waals surface area contributed by atoms with Crippen LogP contribution in [-0.4, -0.2) is 57.0 Å². The van der Waals surface area contributed by atoms with E-state index in [9.17, 15) is 14.6 Å². The number of aliphatic hydroxyl groups is 1. The number of hydrogen-bond acceptors (Lipinski definition) is 8. The minimum absolute atomic E-state index is 0.0372. The number of benzene rings is 1. The van der Waals surface area contributed by atoms with Gasteiger partial charge in [0.25, 0.3) is 0 Å².